The van der Waals surface area contributed by atoms with Crippen molar-refractivity contribution in [3.8, 4) is 11.1 Å². The number of hydrogen-bond acceptors (Lipinski definition) is 3. The minimum atomic E-state index is -0.572. The first-order valence-electron chi connectivity index (χ1n) is 10.9. The second-order valence-electron chi connectivity index (χ2n) is 9.87. The van der Waals surface area contributed by atoms with Crippen LogP contribution in [0.25, 0.3) is 11.1 Å². The van der Waals surface area contributed by atoms with E-state index in [4.69, 9.17) is 0 Å². The number of pyridine rings is 1. The van der Waals surface area contributed by atoms with E-state index in [1.54, 1.807) is 6.20 Å². The van der Waals surface area contributed by atoms with Crippen LogP contribution < -0.4 is 5.32 Å². The molecule has 0 bridgehead atoms. The van der Waals surface area contributed by atoms with Gasteiger partial charge in [0.25, 0.3) is 0 Å². The fourth-order valence-electron chi connectivity index (χ4n) is 4.28. The Hall–Kier alpha value is -2.69. The molecule has 1 atom stereocenters. The van der Waals surface area contributed by atoms with Crippen LogP contribution in [0.1, 0.15) is 45.6 Å². The summed E-state index contributed by atoms with van der Waals surface area (Å²) in [5.74, 6) is 0.216. The lowest BCUT2D eigenvalue weighted by molar-refractivity contribution is -0.139. The standard InChI is InChI=1S/C25H31N3O2/c1-24(2,3)23(30)28-13-11-25(17-28,22(29)27-21-9-10-21)15-18-6-4-7-19(14-18)20-8-5-12-26-16-20/h4-8,12,14,16,21H,9-11,13,15,17H2,1-3H3,(H,27,29)/t25-/m0/s1. The van der Waals surface area contributed by atoms with Crippen LogP contribution in [0.15, 0.2) is 48.8 Å². The molecule has 2 aliphatic rings. The lowest BCUT2D eigenvalue weighted by Crippen LogP contribution is -2.47. The summed E-state index contributed by atoms with van der Waals surface area (Å²) in [4.78, 5) is 32.3. The first-order valence-corrected chi connectivity index (χ1v) is 10.9. The van der Waals surface area contributed by atoms with Crippen LogP contribution in [0.4, 0.5) is 0 Å². The highest BCUT2D eigenvalue weighted by molar-refractivity contribution is 5.87. The molecule has 1 aliphatic carbocycles. The molecule has 2 fully saturated rings. The van der Waals surface area contributed by atoms with Crippen molar-refractivity contribution in [1.29, 1.82) is 0 Å². The van der Waals surface area contributed by atoms with Crippen LogP contribution in [-0.4, -0.2) is 40.8 Å². The summed E-state index contributed by atoms with van der Waals surface area (Å²) in [7, 11) is 0. The summed E-state index contributed by atoms with van der Waals surface area (Å²) < 4.78 is 0. The molecule has 1 saturated heterocycles. The Labute approximate surface area is 178 Å². The minimum absolute atomic E-state index is 0.0981. The van der Waals surface area contributed by atoms with E-state index >= 15 is 0 Å². The highest BCUT2D eigenvalue weighted by atomic mass is 16.2. The van der Waals surface area contributed by atoms with Crippen LogP contribution in [-0.2, 0) is 16.0 Å². The highest BCUT2D eigenvalue weighted by Crippen LogP contribution is 2.38. The number of likely N-dealkylation sites (tertiary alicyclic amines) is 1. The van der Waals surface area contributed by atoms with Crippen molar-refractivity contribution in [2.45, 2.75) is 52.5 Å². The van der Waals surface area contributed by atoms with Crippen LogP contribution in [0.5, 0.6) is 0 Å². The van der Waals surface area contributed by atoms with Gasteiger partial charge >= 0.3 is 0 Å². The van der Waals surface area contributed by atoms with E-state index in [1.165, 1.54) is 0 Å². The predicted octanol–water partition coefficient (Wildman–Crippen LogP) is 3.83. The first-order chi connectivity index (χ1) is 14.3. The average Bonchev–Trinajstić information content (AvgIpc) is 3.44. The molecule has 1 N–H and O–H groups in total. The Morgan fingerprint density at radius 1 is 1.17 bits per heavy atom. The van der Waals surface area contributed by atoms with E-state index in [-0.39, 0.29) is 11.8 Å². The molecule has 2 amide bonds. The number of hydrogen-bond donors (Lipinski definition) is 1. The van der Waals surface area contributed by atoms with Crippen LogP contribution in [0.2, 0.25) is 0 Å². The van der Waals surface area contributed by atoms with Gasteiger partial charge in [-0.05, 0) is 48.4 Å². The second-order valence-corrected chi connectivity index (χ2v) is 9.87. The van der Waals surface area contributed by atoms with E-state index in [0.717, 1.165) is 29.5 Å². The summed E-state index contributed by atoms with van der Waals surface area (Å²) in [6.07, 6.45) is 7.07. The summed E-state index contributed by atoms with van der Waals surface area (Å²) in [5, 5.41) is 3.21. The zero-order valence-electron chi connectivity index (χ0n) is 18.1. The Morgan fingerprint density at radius 3 is 2.60 bits per heavy atom. The Balaban J connectivity index is 1.60. The molecule has 0 unspecified atom stereocenters. The molecule has 30 heavy (non-hydrogen) atoms. The Bertz CT molecular complexity index is 931. The molecule has 1 aromatic carbocycles. The van der Waals surface area contributed by atoms with Crippen molar-refractivity contribution < 1.29 is 9.59 Å². The molecule has 1 aromatic heterocycles. The largest absolute Gasteiger partial charge is 0.353 e. The third-order valence-electron chi connectivity index (χ3n) is 6.14. The maximum Gasteiger partial charge on any atom is 0.228 e. The number of carbonyl (C=O) groups excluding carboxylic acids is 2. The van der Waals surface area contributed by atoms with Crippen molar-refractivity contribution >= 4 is 11.8 Å². The second kappa shape index (κ2) is 7.86. The number of aromatic nitrogens is 1. The molecule has 1 saturated carbocycles. The molecule has 5 heteroatoms. The predicted molar refractivity (Wildman–Crippen MR) is 118 cm³/mol. The van der Waals surface area contributed by atoms with Gasteiger partial charge in [0.05, 0.1) is 5.41 Å². The number of amides is 2. The molecular weight excluding hydrogens is 374 g/mol. The van der Waals surface area contributed by atoms with E-state index in [2.05, 4.69) is 28.5 Å². The van der Waals surface area contributed by atoms with Crippen molar-refractivity contribution in [2.75, 3.05) is 13.1 Å². The van der Waals surface area contributed by atoms with Crippen molar-refractivity contribution in [3.05, 3.63) is 54.4 Å². The van der Waals surface area contributed by atoms with Crippen LogP contribution in [0.3, 0.4) is 0 Å². The highest BCUT2D eigenvalue weighted by Gasteiger charge is 2.48. The van der Waals surface area contributed by atoms with Gasteiger partial charge in [0.1, 0.15) is 0 Å². The summed E-state index contributed by atoms with van der Waals surface area (Å²) in [6.45, 7) is 6.94. The zero-order valence-corrected chi connectivity index (χ0v) is 18.1. The van der Waals surface area contributed by atoms with Crippen molar-refractivity contribution in [2.24, 2.45) is 10.8 Å². The SMILES string of the molecule is CC(C)(C)C(=O)N1CC[C@@](Cc2cccc(-c3cccnc3)c2)(C(=O)NC2CC2)C1. The average molecular weight is 406 g/mol. The topological polar surface area (TPSA) is 62.3 Å². The quantitative estimate of drug-likeness (QED) is 0.822. The fraction of sp³-hybridized carbons (Fsp3) is 0.480. The lowest BCUT2D eigenvalue weighted by atomic mass is 9.79. The zero-order chi connectivity index (χ0) is 21.4. The van der Waals surface area contributed by atoms with E-state index in [9.17, 15) is 9.59 Å². The monoisotopic (exact) mass is 405 g/mol. The number of carbonyl (C=O) groups is 2. The van der Waals surface area contributed by atoms with Gasteiger partial charge in [0, 0.05) is 36.9 Å². The van der Waals surface area contributed by atoms with Gasteiger partial charge < -0.3 is 10.2 Å². The smallest absolute Gasteiger partial charge is 0.228 e. The van der Waals surface area contributed by atoms with E-state index in [1.807, 2.05) is 50.1 Å². The maximum absolute atomic E-state index is 13.3. The molecule has 2 heterocycles. The summed E-state index contributed by atoms with van der Waals surface area (Å²) in [6, 6.07) is 12.6. The van der Waals surface area contributed by atoms with Gasteiger partial charge in [-0.15, -0.1) is 0 Å². The normalized spacial score (nSPS) is 21.5. The number of rotatable bonds is 5. The van der Waals surface area contributed by atoms with Crippen LogP contribution in [0, 0.1) is 10.8 Å². The van der Waals surface area contributed by atoms with Crippen molar-refractivity contribution in [1.82, 2.24) is 15.2 Å². The van der Waals surface area contributed by atoms with E-state index < -0.39 is 10.8 Å². The van der Waals surface area contributed by atoms with Crippen molar-refractivity contribution in [3.63, 3.8) is 0 Å². The molecule has 4 rings (SSSR count). The molecular formula is C25H31N3O2. The van der Waals surface area contributed by atoms with Gasteiger partial charge in [-0.1, -0.05) is 51.1 Å². The van der Waals surface area contributed by atoms with Gasteiger partial charge in [0.15, 0.2) is 0 Å². The molecule has 0 radical (unpaired) electrons. The minimum Gasteiger partial charge on any atom is -0.353 e. The molecule has 0 spiro atoms. The molecule has 158 valence electrons. The van der Waals surface area contributed by atoms with Gasteiger partial charge in [-0.25, -0.2) is 0 Å². The third-order valence-corrected chi connectivity index (χ3v) is 6.14. The van der Waals surface area contributed by atoms with Gasteiger partial charge in [-0.3, -0.25) is 14.6 Å². The first kappa shape index (κ1) is 20.6. The molecule has 2 aromatic rings. The maximum atomic E-state index is 13.3. The Kier molecular flexibility index (Phi) is 5.39. The lowest BCUT2D eigenvalue weighted by Gasteiger charge is -2.31. The van der Waals surface area contributed by atoms with Gasteiger partial charge in [0.2, 0.25) is 11.8 Å². The summed E-state index contributed by atoms with van der Waals surface area (Å²) >= 11 is 0. The fourth-order valence-corrected chi connectivity index (χ4v) is 4.28. The molecule has 5 nitrogen and oxygen atoms in total. The Morgan fingerprint density at radius 2 is 1.93 bits per heavy atom. The van der Waals surface area contributed by atoms with Gasteiger partial charge in [-0.2, -0.15) is 0 Å². The van der Waals surface area contributed by atoms with E-state index in [0.29, 0.717) is 32.0 Å². The number of nitrogens with one attached hydrogen (secondary N) is 1. The van der Waals surface area contributed by atoms with Crippen LogP contribution >= 0.6 is 0 Å². The summed E-state index contributed by atoms with van der Waals surface area (Å²) in [5.41, 5.74) is 2.26. The number of nitrogens with zero attached hydrogens (tertiary/aromatic N) is 2. The molecule has 1 aliphatic heterocycles. The number of benzene rings is 1. The third kappa shape index (κ3) is 4.40.